The van der Waals surface area contributed by atoms with Crippen LogP contribution < -0.4 is 10.5 Å². The van der Waals surface area contributed by atoms with Crippen LogP contribution in [-0.4, -0.2) is 52.7 Å². The first-order valence-electron chi connectivity index (χ1n) is 11.2. The van der Waals surface area contributed by atoms with Crippen molar-refractivity contribution in [3.8, 4) is 10.7 Å². The molecule has 1 aromatic carbocycles. The molecule has 14 heteroatoms. The summed E-state index contributed by atoms with van der Waals surface area (Å²) in [5.74, 6) is 1.23. The smallest absolute Gasteiger partial charge is 0.410 e. The van der Waals surface area contributed by atoms with Crippen molar-refractivity contribution in [2.24, 2.45) is 5.14 Å². The highest BCUT2D eigenvalue weighted by atomic mass is 35.5. The summed E-state index contributed by atoms with van der Waals surface area (Å²) in [5, 5.41) is 15.9. The van der Waals surface area contributed by atoms with E-state index in [2.05, 4.69) is 25.5 Å². The normalized spacial score (nSPS) is 15.6. The van der Waals surface area contributed by atoms with Gasteiger partial charge in [-0.2, -0.15) is 5.10 Å². The zero-order chi connectivity index (χ0) is 26.0. The molecule has 5 rings (SSSR count). The van der Waals surface area contributed by atoms with Crippen LogP contribution >= 0.6 is 22.9 Å². The van der Waals surface area contributed by atoms with Gasteiger partial charge in [-0.05, 0) is 24.1 Å². The number of hydrogen-bond donors (Lipinski definition) is 3. The van der Waals surface area contributed by atoms with E-state index in [1.165, 1.54) is 12.3 Å². The molecule has 4 aromatic rings. The van der Waals surface area contributed by atoms with Crippen molar-refractivity contribution >= 4 is 50.7 Å². The predicted molar refractivity (Wildman–Crippen MR) is 139 cm³/mol. The molecule has 3 aromatic heterocycles. The van der Waals surface area contributed by atoms with Gasteiger partial charge in [-0.3, -0.25) is 5.10 Å². The SMILES string of the molecule is NS(=O)(=O)c1ccc(-c2ncc(Cl)c(Nc3cc(C4CCN(C(=O)OCc5ccccc5)C4)n[nH]3)n2)s1. The molecule has 4 N–H and O–H groups in total. The number of ether oxygens (including phenoxy) is 1. The molecule has 1 unspecified atom stereocenters. The highest BCUT2D eigenvalue weighted by Gasteiger charge is 2.30. The number of primary sulfonamides is 1. The lowest BCUT2D eigenvalue weighted by molar-refractivity contribution is 0.104. The first-order valence-corrected chi connectivity index (χ1v) is 13.9. The summed E-state index contributed by atoms with van der Waals surface area (Å²) in [6, 6.07) is 14.4. The van der Waals surface area contributed by atoms with Crippen LogP contribution in [-0.2, 0) is 21.4 Å². The monoisotopic (exact) mass is 559 g/mol. The summed E-state index contributed by atoms with van der Waals surface area (Å²) < 4.78 is 28.6. The Morgan fingerprint density at radius 1 is 1.27 bits per heavy atom. The topological polar surface area (TPSA) is 156 Å². The van der Waals surface area contributed by atoms with Crippen molar-refractivity contribution in [3.63, 3.8) is 0 Å². The number of carbonyl (C=O) groups excluding carboxylic acids is 1. The first-order chi connectivity index (χ1) is 17.8. The van der Waals surface area contributed by atoms with E-state index in [1.54, 1.807) is 11.0 Å². The molecule has 1 fully saturated rings. The Kier molecular flexibility index (Phi) is 7.11. The van der Waals surface area contributed by atoms with Crippen molar-refractivity contribution in [2.75, 3.05) is 18.4 Å². The Labute approximate surface area is 221 Å². The Morgan fingerprint density at radius 3 is 2.84 bits per heavy atom. The predicted octanol–water partition coefficient (Wildman–Crippen LogP) is 4.10. The van der Waals surface area contributed by atoms with Crippen molar-refractivity contribution in [3.05, 3.63) is 71.0 Å². The van der Waals surface area contributed by atoms with E-state index in [-0.39, 0.29) is 27.8 Å². The van der Waals surface area contributed by atoms with E-state index >= 15 is 0 Å². The van der Waals surface area contributed by atoms with Gasteiger partial charge >= 0.3 is 6.09 Å². The number of H-pyrrole nitrogens is 1. The van der Waals surface area contributed by atoms with Crippen LogP contribution in [0.5, 0.6) is 0 Å². The van der Waals surface area contributed by atoms with Gasteiger partial charge in [0, 0.05) is 25.1 Å². The molecule has 0 radical (unpaired) electrons. The van der Waals surface area contributed by atoms with Crippen LogP contribution in [0.25, 0.3) is 10.7 Å². The zero-order valence-corrected chi connectivity index (χ0v) is 21.7. The van der Waals surface area contributed by atoms with Crippen LogP contribution in [0.4, 0.5) is 16.4 Å². The number of nitrogens with zero attached hydrogens (tertiary/aromatic N) is 4. The van der Waals surface area contributed by atoms with Crippen LogP contribution in [0.3, 0.4) is 0 Å². The summed E-state index contributed by atoms with van der Waals surface area (Å²) in [7, 11) is -3.81. The number of hydrogen-bond acceptors (Lipinski definition) is 9. The Balaban J connectivity index is 1.22. The lowest BCUT2D eigenvalue weighted by Crippen LogP contribution is -2.29. The second kappa shape index (κ2) is 10.5. The van der Waals surface area contributed by atoms with Crippen LogP contribution in [0.2, 0.25) is 5.02 Å². The molecule has 1 aliphatic rings. The molecule has 1 atom stereocenters. The number of benzene rings is 1. The summed E-state index contributed by atoms with van der Waals surface area (Å²) in [6.07, 6.45) is 1.84. The molecule has 37 heavy (non-hydrogen) atoms. The Bertz CT molecular complexity index is 1520. The molecular formula is C23H22ClN7O4S2. The average Bonchev–Trinajstić information content (AvgIpc) is 3.65. The molecule has 192 valence electrons. The molecule has 11 nitrogen and oxygen atoms in total. The number of anilines is 2. The molecule has 4 heterocycles. The third-order valence-corrected chi connectivity index (χ3v) is 8.54. The highest BCUT2D eigenvalue weighted by Crippen LogP contribution is 2.32. The molecular weight excluding hydrogens is 538 g/mol. The second-order valence-electron chi connectivity index (χ2n) is 8.36. The van der Waals surface area contributed by atoms with E-state index in [4.69, 9.17) is 21.5 Å². The van der Waals surface area contributed by atoms with Gasteiger partial charge in [-0.15, -0.1) is 11.3 Å². The fourth-order valence-corrected chi connectivity index (χ4v) is 5.69. The lowest BCUT2D eigenvalue weighted by atomic mass is 10.1. The standard InChI is InChI=1S/C23H22ClN7O4S2/c24-16-11-26-22(18-6-7-20(36-18)37(25,33)34)28-21(16)27-19-10-17(29-30-19)15-8-9-31(12-15)23(32)35-13-14-4-2-1-3-5-14/h1-7,10-11,15H,8-9,12-13H2,(H2,25,33,34)(H2,26,27,28,29,30). The number of aromatic nitrogens is 4. The third-order valence-electron chi connectivity index (χ3n) is 5.75. The van der Waals surface area contributed by atoms with Gasteiger partial charge in [-0.1, -0.05) is 41.9 Å². The van der Waals surface area contributed by atoms with E-state index in [9.17, 15) is 13.2 Å². The summed E-state index contributed by atoms with van der Waals surface area (Å²) in [6.45, 7) is 1.31. The number of sulfonamides is 1. The van der Waals surface area contributed by atoms with Crippen molar-refractivity contribution in [2.45, 2.75) is 23.2 Å². The van der Waals surface area contributed by atoms with Gasteiger partial charge in [0.15, 0.2) is 11.6 Å². The lowest BCUT2D eigenvalue weighted by Gasteiger charge is -2.16. The van der Waals surface area contributed by atoms with Gasteiger partial charge < -0.3 is 15.0 Å². The number of nitrogens with two attached hydrogens (primary N) is 1. The van der Waals surface area contributed by atoms with Crippen molar-refractivity contribution < 1.29 is 17.9 Å². The first kappa shape index (κ1) is 25.1. The minimum atomic E-state index is -3.81. The van der Waals surface area contributed by atoms with E-state index < -0.39 is 10.0 Å². The minimum Gasteiger partial charge on any atom is -0.445 e. The number of carbonyl (C=O) groups is 1. The molecule has 1 aliphatic heterocycles. The van der Waals surface area contributed by atoms with Gasteiger partial charge in [0.1, 0.15) is 21.7 Å². The zero-order valence-electron chi connectivity index (χ0n) is 19.3. The van der Waals surface area contributed by atoms with Crippen LogP contribution in [0, 0.1) is 0 Å². The number of likely N-dealkylation sites (tertiary alicyclic amines) is 1. The number of aromatic amines is 1. The molecule has 1 saturated heterocycles. The van der Waals surface area contributed by atoms with Crippen LogP contribution in [0.1, 0.15) is 23.6 Å². The van der Waals surface area contributed by atoms with Gasteiger partial charge in [0.05, 0.1) is 16.8 Å². The van der Waals surface area contributed by atoms with E-state index in [1.807, 2.05) is 36.4 Å². The second-order valence-corrected chi connectivity index (χ2v) is 11.6. The van der Waals surface area contributed by atoms with Crippen molar-refractivity contribution in [1.82, 2.24) is 25.1 Å². The molecule has 0 bridgehead atoms. The largest absolute Gasteiger partial charge is 0.445 e. The maximum Gasteiger partial charge on any atom is 0.410 e. The summed E-state index contributed by atoms with van der Waals surface area (Å²) >= 11 is 7.25. The maximum absolute atomic E-state index is 12.5. The van der Waals surface area contributed by atoms with Gasteiger partial charge in [0.2, 0.25) is 10.0 Å². The van der Waals surface area contributed by atoms with Gasteiger partial charge in [0.25, 0.3) is 0 Å². The number of amides is 1. The molecule has 0 spiro atoms. The quantitative estimate of drug-likeness (QED) is 0.305. The minimum absolute atomic E-state index is 0.0170. The molecule has 1 amide bonds. The fourth-order valence-electron chi connectivity index (χ4n) is 3.88. The maximum atomic E-state index is 12.5. The highest BCUT2D eigenvalue weighted by molar-refractivity contribution is 7.91. The van der Waals surface area contributed by atoms with E-state index in [0.29, 0.717) is 35.4 Å². The summed E-state index contributed by atoms with van der Waals surface area (Å²) in [5.41, 5.74) is 1.73. The number of nitrogens with one attached hydrogen (secondary N) is 2. The average molecular weight is 560 g/mol. The van der Waals surface area contributed by atoms with Crippen LogP contribution in [0.15, 0.2) is 58.9 Å². The molecule has 0 aliphatic carbocycles. The van der Waals surface area contributed by atoms with Crippen molar-refractivity contribution in [1.29, 1.82) is 0 Å². The molecule has 0 saturated carbocycles. The number of rotatable bonds is 7. The Hall–Kier alpha value is -3.52. The summed E-state index contributed by atoms with van der Waals surface area (Å²) in [4.78, 5) is 23.3. The Morgan fingerprint density at radius 2 is 2.08 bits per heavy atom. The third kappa shape index (κ3) is 5.91. The van der Waals surface area contributed by atoms with Gasteiger partial charge in [-0.25, -0.2) is 28.3 Å². The fraction of sp³-hybridized carbons (Fsp3) is 0.217. The van der Waals surface area contributed by atoms with E-state index in [0.717, 1.165) is 29.0 Å². The number of thiophene rings is 1. The number of halogens is 1.